The number of hydrogen-bond donors (Lipinski definition) is 0. The van der Waals surface area contributed by atoms with Crippen LogP contribution in [0.25, 0.3) is 6.08 Å². The van der Waals surface area contributed by atoms with Gasteiger partial charge < -0.3 is 14.2 Å². The molecule has 1 aliphatic rings. The van der Waals surface area contributed by atoms with Crippen molar-refractivity contribution in [2.24, 2.45) is 4.99 Å². The average Bonchev–Trinajstić information content (AvgIpc) is 3.14. The number of carbonyl (C=O) groups is 1. The summed E-state index contributed by atoms with van der Waals surface area (Å²) in [6, 6.07) is 12.0. The molecule has 0 radical (unpaired) electrons. The zero-order chi connectivity index (χ0) is 27.6. The summed E-state index contributed by atoms with van der Waals surface area (Å²) in [5.41, 5.74) is 1.91. The number of allylic oxidation sites excluding steroid dienone is 1. The summed E-state index contributed by atoms with van der Waals surface area (Å²) in [5, 5.41) is 0.443. The van der Waals surface area contributed by atoms with Crippen molar-refractivity contribution in [3.63, 3.8) is 0 Å². The summed E-state index contributed by atoms with van der Waals surface area (Å²) in [5.74, 6) is 0.719. The summed E-state index contributed by atoms with van der Waals surface area (Å²) < 4.78 is 19.2. The topological polar surface area (TPSA) is 79.1 Å². The number of halogens is 1. The standard InChI is InChI=1S/C29H31ClN2O5S/c1-7-35-23-14-19(12-13-22(23)36-16(2)3)15-24-27(33)32-26(20-10-8-9-11-21(20)30)25(28(34)37-17(4)5)18(6)31-29(32)38-24/h8-17,26H,7H2,1-6H3. The Labute approximate surface area is 230 Å². The first-order valence-electron chi connectivity index (χ1n) is 12.5. The first-order valence-corrected chi connectivity index (χ1v) is 13.7. The Kier molecular flexibility index (Phi) is 8.43. The molecular formula is C29H31ClN2O5S. The monoisotopic (exact) mass is 554 g/mol. The Morgan fingerprint density at radius 1 is 1.13 bits per heavy atom. The zero-order valence-electron chi connectivity index (χ0n) is 22.3. The maximum absolute atomic E-state index is 13.8. The van der Waals surface area contributed by atoms with E-state index in [9.17, 15) is 9.59 Å². The molecule has 0 saturated heterocycles. The molecule has 4 rings (SSSR count). The lowest BCUT2D eigenvalue weighted by atomic mass is 9.96. The van der Waals surface area contributed by atoms with Crippen LogP contribution in [0.1, 0.15) is 58.7 Å². The molecule has 9 heteroatoms. The highest BCUT2D eigenvalue weighted by molar-refractivity contribution is 7.07. The number of hydrogen-bond acceptors (Lipinski definition) is 7. The van der Waals surface area contributed by atoms with Gasteiger partial charge in [-0.15, -0.1) is 0 Å². The van der Waals surface area contributed by atoms with E-state index in [-0.39, 0.29) is 17.8 Å². The van der Waals surface area contributed by atoms with Gasteiger partial charge in [-0.3, -0.25) is 9.36 Å². The normalized spacial score (nSPS) is 15.5. The molecular weight excluding hydrogens is 524 g/mol. The van der Waals surface area contributed by atoms with Gasteiger partial charge in [-0.2, -0.15) is 0 Å². The summed E-state index contributed by atoms with van der Waals surface area (Å²) in [7, 11) is 0. The zero-order valence-corrected chi connectivity index (χ0v) is 23.9. The van der Waals surface area contributed by atoms with Crippen LogP contribution in [-0.4, -0.2) is 29.4 Å². The molecule has 200 valence electrons. The van der Waals surface area contributed by atoms with Gasteiger partial charge >= 0.3 is 5.97 Å². The molecule has 0 bridgehead atoms. The number of fused-ring (bicyclic) bond motifs is 1. The molecule has 7 nitrogen and oxygen atoms in total. The predicted molar refractivity (Wildman–Crippen MR) is 150 cm³/mol. The molecule has 1 aromatic heterocycles. The minimum atomic E-state index is -0.769. The third-order valence-electron chi connectivity index (χ3n) is 5.71. The highest BCUT2D eigenvalue weighted by atomic mass is 35.5. The highest BCUT2D eigenvalue weighted by Crippen LogP contribution is 2.35. The van der Waals surface area contributed by atoms with Crippen molar-refractivity contribution >= 4 is 35.0 Å². The van der Waals surface area contributed by atoms with Crippen molar-refractivity contribution in [1.29, 1.82) is 0 Å². The van der Waals surface area contributed by atoms with E-state index in [0.29, 0.717) is 49.3 Å². The maximum Gasteiger partial charge on any atom is 0.338 e. The van der Waals surface area contributed by atoms with Crippen molar-refractivity contribution in [3.8, 4) is 11.5 Å². The molecule has 0 spiro atoms. The summed E-state index contributed by atoms with van der Waals surface area (Å²) in [6.45, 7) is 11.6. The van der Waals surface area contributed by atoms with E-state index in [2.05, 4.69) is 4.99 Å². The Hall–Kier alpha value is -3.36. The molecule has 0 fully saturated rings. The number of aromatic nitrogens is 1. The summed E-state index contributed by atoms with van der Waals surface area (Å²) >= 11 is 7.84. The summed E-state index contributed by atoms with van der Waals surface area (Å²) in [4.78, 5) is 32.2. The number of esters is 1. The number of benzene rings is 2. The molecule has 2 aromatic carbocycles. The van der Waals surface area contributed by atoms with Gasteiger partial charge in [0.15, 0.2) is 16.3 Å². The van der Waals surface area contributed by atoms with Gasteiger partial charge in [0.2, 0.25) is 0 Å². The van der Waals surface area contributed by atoms with Crippen LogP contribution >= 0.6 is 22.9 Å². The van der Waals surface area contributed by atoms with Gasteiger partial charge in [-0.25, -0.2) is 9.79 Å². The quantitative estimate of drug-likeness (QED) is 0.365. The van der Waals surface area contributed by atoms with Crippen LogP contribution in [0.2, 0.25) is 5.02 Å². The molecule has 38 heavy (non-hydrogen) atoms. The first-order chi connectivity index (χ1) is 18.1. The molecule has 1 aliphatic heterocycles. The van der Waals surface area contributed by atoms with Crippen LogP contribution in [0.5, 0.6) is 11.5 Å². The van der Waals surface area contributed by atoms with E-state index in [1.165, 1.54) is 15.9 Å². The van der Waals surface area contributed by atoms with Crippen molar-refractivity contribution in [2.45, 2.75) is 59.8 Å². The van der Waals surface area contributed by atoms with Crippen molar-refractivity contribution in [2.75, 3.05) is 6.61 Å². The molecule has 3 aromatic rings. The smallest absolute Gasteiger partial charge is 0.338 e. The third-order valence-corrected chi connectivity index (χ3v) is 7.04. The third kappa shape index (κ3) is 5.71. The van der Waals surface area contributed by atoms with Crippen LogP contribution < -0.4 is 24.4 Å². The van der Waals surface area contributed by atoms with Crippen LogP contribution in [0.4, 0.5) is 0 Å². The molecule has 0 N–H and O–H groups in total. The van der Waals surface area contributed by atoms with E-state index in [4.69, 9.17) is 25.8 Å². The van der Waals surface area contributed by atoms with E-state index in [1.54, 1.807) is 39.0 Å². The van der Waals surface area contributed by atoms with Gasteiger partial charge in [0.1, 0.15) is 6.04 Å². The molecule has 1 atom stereocenters. The fourth-order valence-corrected chi connectivity index (χ4v) is 5.52. The van der Waals surface area contributed by atoms with Crippen LogP contribution in [0.15, 0.2) is 63.5 Å². The number of carbonyl (C=O) groups excluding carboxylic acids is 1. The Morgan fingerprint density at radius 2 is 1.87 bits per heavy atom. The van der Waals surface area contributed by atoms with E-state index < -0.39 is 12.0 Å². The lowest BCUT2D eigenvalue weighted by Gasteiger charge is -2.26. The molecule has 0 saturated carbocycles. The second-order valence-corrected chi connectivity index (χ2v) is 10.8. The van der Waals surface area contributed by atoms with Crippen LogP contribution in [0.3, 0.4) is 0 Å². The van der Waals surface area contributed by atoms with Crippen LogP contribution in [-0.2, 0) is 9.53 Å². The Bertz CT molecular complexity index is 1570. The average molecular weight is 555 g/mol. The number of nitrogens with zero attached hydrogens (tertiary/aromatic N) is 2. The van der Waals surface area contributed by atoms with Gasteiger partial charge in [-0.05, 0) is 76.9 Å². The van der Waals surface area contributed by atoms with Gasteiger partial charge in [0.25, 0.3) is 5.56 Å². The SMILES string of the molecule is CCOc1cc(C=c2sc3n(c2=O)C(c2ccccc2Cl)C(C(=O)OC(C)C)=C(C)N=3)ccc1OC(C)C. The molecule has 2 heterocycles. The minimum Gasteiger partial charge on any atom is -0.490 e. The Balaban J connectivity index is 1.89. The number of thiazole rings is 1. The largest absolute Gasteiger partial charge is 0.490 e. The second-order valence-electron chi connectivity index (χ2n) is 9.36. The number of rotatable bonds is 8. The highest BCUT2D eigenvalue weighted by Gasteiger charge is 2.34. The first kappa shape index (κ1) is 27.7. The van der Waals surface area contributed by atoms with E-state index >= 15 is 0 Å². The number of ether oxygens (including phenoxy) is 3. The van der Waals surface area contributed by atoms with Gasteiger partial charge in [0, 0.05) is 5.02 Å². The van der Waals surface area contributed by atoms with Crippen molar-refractivity contribution in [3.05, 3.63) is 89.6 Å². The minimum absolute atomic E-state index is 0.00613. The molecule has 1 unspecified atom stereocenters. The fourth-order valence-electron chi connectivity index (χ4n) is 4.24. The maximum atomic E-state index is 13.8. The van der Waals surface area contributed by atoms with Crippen LogP contribution in [0, 0.1) is 0 Å². The van der Waals surface area contributed by atoms with Crippen molar-refractivity contribution < 1.29 is 19.0 Å². The van der Waals surface area contributed by atoms with Crippen molar-refractivity contribution in [1.82, 2.24) is 4.57 Å². The van der Waals surface area contributed by atoms with E-state index in [1.807, 2.05) is 51.1 Å². The lowest BCUT2D eigenvalue weighted by molar-refractivity contribution is -0.143. The fraction of sp³-hybridized carbons (Fsp3) is 0.345. The molecule has 0 amide bonds. The second kappa shape index (κ2) is 11.6. The molecule has 0 aliphatic carbocycles. The Morgan fingerprint density at radius 3 is 2.53 bits per heavy atom. The summed E-state index contributed by atoms with van der Waals surface area (Å²) in [6.07, 6.45) is 1.45. The van der Waals surface area contributed by atoms with E-state index in [0.717, 1.165) is 5.56 Å². The van der Waals surface area contributed by atoms with Gasteiger partial charge in [0.05, 0.1) is 34.6 Å². The predicted octanol–water partition coefficient (Wildman–Crippen LogP) is 5.03. The van der Waals surface area contributed by atoms with Gasteiger partial charge in [-0.1, -0.05) is 47.2 Å². The lowest BCUT2D eigenvalue weighted by Crippen LogP contribution is -2.40.